The number of carbonyl (C=O) groups excluding carboxylic acids is 1. The SMILES string of the molecule is Cc1cccc(-c2ccc(C(=O)O)c3c(C=O)ccc(C(=O)O)c23)c1. The Bertz CT molecular complexity index is 1030. The Morgan fingerprint density at radius 3 is 2.12 bits per heavy atom. The monoisotopic (exact) mass is 334 g/mol. The Morgan fingerprint density at radius 2 is 1.52 bits per heavy atom. The van der Waals surface area contributed by atoms with E-state index in [2.05, 4.69) is 0 Å². The third-order valence-corrected chi connectivity index (χ3v) is 4.11. The molecule has 0 aliphatic carbocycles. The van der Waals surface area contributed by atoms with Crippen LogP contribution in [0.5, 0.6) is 0 Å². The summed E-state index contributed by atoms with van der Waals surface area (Å²) in [5.74, 6) is -2.40. The summed E-state index contributed by atoms with van der Waals surface area (Å²) < 4.78 is 0. The third kappa shape index (κ3) is 2.76. The van der Waals surface area contributed by atoms with Crippen LogP contribution in [-0.4, -0.2) is 28.4 Å². The summed E-state index contributed by atoms with van der Waals surface area (Å²) in [5.41, 5.74) is 2.32. The van der Waals surface area contributed by atoms with Crippen molar-refractivity contribution in [3.05, 3.63) is 70.8 Å². The van der Waals surface area contributed by atoms with Crippen molar-refractivity contribution in [1.29, 1.82) is 0 Å². The topological polar surface area (TPSA) is 91.7 Å². The van der Waals surface area contributed by atoms with Gasteiger partial charge in [-0.25, -0.2) is 9.59 Å². The smallest absolute Gasteiger partial charge is 0.336 e. The highest BCUT2D eigenvalue weighted by Gasteiger charge is 2.21. The molecule has 3 rings (SSSR count). The van der Waals surface area contributed by atoms with Gasteiger partial charge in [-0.1, -0.05) is 42.0 Å². The lowest BCUT2D eigenvalue weighted by Gasteiger charge is -2.14. The predicted octanol–water partition coefficient (Wildman–Crippen LogP) is 4.02. The van der Waals surface area contributed by atoms with Crippen LogP contribution in [0.25, 0.3) is 21.9 Å². The molecule has 124 valence electrons. The zero-order chi connectivity index (χ0) is 18.1. The van der Waals surface area contributed by atoms with Crippen LogP contribution < -0.4 is 0 Å². The number of hydrogen-bond acceptors (Lipinski definition) is 3. The molecule has 0 heterocycles. The average molecular weight is 334 g/mol. The van der Waals surface area contributed by atoms with E-state index in [1.165, 1.54) is 18.2 Å². The third-order valence-electron chi connectivity index (χ3n) is 4.11. The molecule has 0 amide bonds. The number of aldehydes is 1. The van der Waals surface area contributed by atoms with Crippen molar-refractivity contribution in [2.45, 2.75) is 6.92 Å². The lowest BCUT2D eigenvalue weighted by molar-refractivity contribution is 0.0686. The van der Waals surface area contributed by atoms with Gasteiger partial charge in [-0.15, -0.1) is 0 Å². The molecule has 25 heavy (non-hydrogen) atoms. The van der Waals surface area contributed by atoms with Crippen molar-refractivity contribution in [2.24, 2.45) is 0 Å². The van der Waals surface area contributed by atoms with E-state index >= 15 is 0 Å². The minimum atomic E-state index is -1.22. The quantitative estimate of drug-likeness (QED) is 0.703. The van der Waals surface area contributed by atoms with Gasteiger partial charge < -0.3 is 10.2 Å². The standard InChI is InChI=1S/C20H14O5/c1-11-3-2-4-12(9-11)14-7-8-15(19(22)23)17-13(10-21)5-6-16(18(14)17)20(24)25/h2-10H,1H3,(H,22,23)(H,24,25). The first-order valence-electron chi connectivity index (χ1n) is 7.52. The van der Waals surface area contributed by atoms with Crippen LogP contribution in [0.1, 0.15) is 36.6 Å². The van der Waals surface area contributed by atoms with E-state index in [0.29, 0.717) is 11.8 Å². The number of aryl methyl sites for hydroxylation is 1. The van der Waals surface area contributed by atoms with Crippen LogP contribution in [0.2, 0.25) is 0 Å². The number of carboxylic acids is 2. The van der Waals surface area contributed by atoms with Crippen molar-refractivity contribution in [3.63, 3.8) is 0 Å². The Labute approximate surface area is 143 Å². The van der Waals surface area contributed by atoms with Gasteiger partial charge in [-0.3, -0.25) is 4.79 Å². The van der Waals surface area contributed by atoms with Gasteiger partial charge >= 0.3 is 11.9 Å². The molecular weight excluding hydrogens is 320 g/mol. The predicted molar refractivity (Wildman–Crippen MR) is 93.4 cm³/mol. The van der Waals surface area contributed by atoms with Crippen LogP contribution in [0.15, 0.2) is 48.5 Å². The normalized spacial score (nSPS) is 10.6. The molecule has 2 N–H and O–H groups in total. The van der Waals surface area contributed by atoms with E-state index in [0.717, 1.165) is 11.1 Å². The minimum absolute atomic E-state index is 0.0415. The zero-order valence-corrected chi connectivity index (χ0v) is 13.3. The van der Waals surface area contributed by atoms with E-state index in [-0.39, 0.29) is 27.5 Å². The van der Waals surface area contributed by atoms with Crippen molar-refractivity contribution >= 4 is 29.0 Å². The Morgan fingerprint density at radius 1 is 0.880 bits per heavy atom. The molecule has 0 unspecified atom stereocenters. The van der Waals surface area contributed by atoms with Crippen molar-refractivity contribution < 1.29 is 24.6 Å². The largest absolute Gasteiger partial charge is 0.478 e. The average Bonchev–Trinajstić information content (AvgIpc) is 2.59. The number of carboxylic acid groups (broad SMARTS) is 2. The maximum Gasteiger partial charge on any atom is 0.336 e. The van der Waals surface area contributed by atoms with Gasteiger partial charge in [-0.05, 0) is 30.2 Å². The highest BCUT2D eigenvalue weighted by Crippen LogP contribution is 2.35. The first-order valence-corrected chi connectivity index (χ1v) is 7.52. The minimum Gasteiger partial charge on any atom is -0.478 e. The summed E-state index contributed by atoms with van der Waals surface area (Å²) in [6, 6.07) is 13.1. The van der Waals surface area contributed by atoms with E-state index in [1.54, 1.807) is 6.07 Å². The summed E-state index contributed by atoms with van der Waals surface area (Å²) in [4.78, 5) is 34.8. The highest BCUT2D eigenvalue weighted by molar-refractivity contribution is 6.19. The van der Waals surface area contributed by atoms with E-state index in [4.69, 9.17) is 0 Å². The number of rotatable bonds is 4. The zero-order valence-electron chi connectivity index (χ0n) is 13.3. The van der Waals surface area contributed by atoms with Gasteiger partial charge in [0.2, 0.25) is 0 Å². The van der Waals surface area contributed by atoms with Crippen molar-refractivity contribution in [1.82, 2.24) is 0 Å². The van der Waals surface area contributed by atoms with Crippen molar-refractivity contribution in [2.75, 3.05) is 0 Å². The number of benzene rings is 3. The van der Waals surface area contributed by atoms with Crippen LogP contribution in [-0.2, 0) is 0 Å². The van der Waals surface area contributed by atoms with Gasteiger partial charge in [0.25, 0.3) is 0 Å². The lowest BCUT2D eigenvalue weighted by atomic mass is 9.89. The molecule has 0 fully saturated rings. The molecule has 0 saturated carbocycles. The molecule has 3 aromatic carbocycles. The van der Waals surface area contributed by atoms with Crippen LogP contribution in [0.4, 0.5) is 0 Å². The molecule has 0 spiro atoms. The second-order valence-corrected chi connectivity index (χ2v) is 5.71. The second kappa shape index (κ2) is 6.20. The Hall–Kier alpha value is -3.47. The fourth-order valence-corrected chi connectivity index (χ4v) is 3.03. The molecular formula is C20H14O5. The maximum absolute atomic E-state index is 11.7. The first-order chi connectivity index (χ1) is 11.9. The van der Waals surface area contributed by atoms with Crippen LogP contribution in [0, 0.1) is 6.92 Å². The fourth-order valence-electron chi connectivity index (χ4n) is 3.03. The summed E-state index contributed by atoms with van der Waals surface area (Å²) in [6.07, 6.45) is 0.542. The highest BCUT2D eigenvalue weighted by atomic mass is 16.4. The molecule has 0 atom stereocenters. The van der Waals surface area contributed by atoms with Gasteiger partial charge in [0.05, 0.1) is 11.1 Å². The molecule has 0 bridgehead atoms. The molecule has 0 aromatic heterocycles. The summed E-state index contributed by atoms with van der Waals surface area (Å²) in [6.45, 7) is 1.91. The molecule has 3 aromatic rings. The summed E-state index contributed by atoms with van der Waals surface area (Å²) in [5, 5.41) is 19.4. The number of aromatic carboxylic acids is 2. The van der Waals surface area contributed by atoms with Crippen LogP contribution in [0.3, 0.4) is 0 Å². The number of hydrogen-bond donors (Lipinski definition) is 2. The fraction of sp³-hybridized carbons (Fsp3) is 0.0500. The lowest BCUT2D eigenvalue weighted by Crippen LogP contribution is -2.05. The molecule has 0 saturated heterocycles. The molecule has 5 nitrogen and oxygen atoms in total. The molecule has 5 heteroatoms. The van der Waals surface area contributed by atoms with E-state index < -0.39 is 11.9 Å². The summed E-state index contributed by atoms with van der Waals surface area (Å²) >= 11 is 0. The summed E-state index contributed by atoms with van der Waals surface area (Å²) in [7, 11) is 0. The first kappa shape index (κ1) is 16.4. The van der Waals surface area contributed by atoms with Gasteiger partial charge in [0, 0.05) is 16.3 Å². The van der Waals surface area contributed by atoms with Crippen LogP contribution >= 0.6 is 0 Å². The number of carbonyl (C=O) groups is 3. The molecule has 0 radical (unpaired) electrons. The maximum atomic E-state index is 11.7. The molecule has 0 aliphatic rings. The van der Waals surface area contributed by atoms with Gasteiger partial charge in [0.1, 0.15) is 0 Å². The van der Waals surface area contributed by atoms with Gasteiger partial charge in [-0.2, -0.15) is 0 Å². The van der Waals surface area contributed by atoms with E-state index in [1.807, 2.05) is 31.2 Å². The van der Waals surface area contributed by atoms with E-state index in [9.17, 15) is 24.6 Å². The molecule has 0 aliphatic heterocycles. The number of fused-ring (bicyclic) bond motifs is 1. The van der Waals surface area contributed by atoms with Gasteiger partial charge in [0.15, 0.2) is 6.29 Å². The second-order valence-electron chi connectivity index (χ2n) is 5.71. The van der Waals surface area contributed by atoms with Crippen molar-refractivity contribution in [3.8, 4) is 11.1 Å². The Kier molecular flexibility index (Phi) is 4.07. The Balaban J connectivity index is 2.55.